The summed E-state index contributed by atoms with van der Waals surface area (Å²) < 4.78 is 0. The molecule has 2 heteroatoms. The first-order valence-electron chi connectivity index (χ1n) is 5.66. The Balaban J connectivity index is 2.39. The average Bonchev–Trinajstić information content (AvgIpc) is 2.17. The largest absolute Gasteiger partial charge is 0.380 e. The van der Waals surface area contributed by atoms with E-state index in [4.69, 9.17) is 0 Å². The summed E-state index contributed by atoms with van der Waals surface area (Å²) in [7, 11) is 0. The van der Waals surface area contributed by atoms with Gasteiger partial charge in [-0.1, -0.05) is 37.5 Å². The smallest absolute Gasteiger partial charge is 0.114 e. The van der Waals surface area contributed by atoms with E-state index >= 15 is 0 Å². The second-order valence-electron chi connectivity index (χ2n) is 4.02. The first-order chi connectivity index (χ1) is 6.79. The lowest BCUT2D eigenvalue weighted by Crippen LogP contribution is -2.07. The van der Waals surface area contributed by atoms with Crippen LogP contribution < -0.4 is 0 Å². The number of hydrogen-bond donors (Lipinski definition) is 2. The van der Waals surface area contributed by atoms with E-state index in [1.165, 1.54) is 25.7 Å². The summed E-state index contributed by atoms with van der Waals surface area (Å²) >= 11 is 0. The van der Waals surface area contributed by atoms with Gasteiger partial charge in [0.15, 0.2) is 0 Å². The van der Waals surface area contributed by atoms with E-state index in [-0.39, 0.29) is 0 Å². The molecule has 0 aliphatic heterocycles. The van der Waals surface area contributed by atoms with Crippen molar-refractivity contribution in [3.63, 3.8) is 0 Å². The van der Waals surface area contributed by atoms with E-state index in [0.29, 0.717) is 0 Å². The lowest BCUT2D eigenvalue weighted by atomic mass is 10.0. The molecule has 2 nitrogen and oxygen atoms in total. The SMILES string of the molecule is OC1C#C[C@@H](O)CCCCCCCC1. The van der Waals surface area contributed by atoms with E-state index in [1.54, 1.807) is 0 Å². The average molecular weight is 196 g/mol. The van der Waals surface area contributed by atoms with Gasteiger partial charge in [0.25, 0.3) is 0 Å². The lowest BCUT2D eigenvalue weighted by molar-refractivity contribution is 0.204. The molecule has 1 aliphatic rings. The van der Waals surface area contributed by atoms with Gasteiger partial charge in [0, 0.05) is 0 Å². The summed E-state index contributed by atoms with van der Waals surface area (Å²) in [5, 5.41) is 18.9. The summed E-state index contributed by atoms with van der Waals surface area (Å²) in [6.45, 7) is 0. The molecular weight excluding hydrogens is 176 g/mol. The van der Waals surface area contributed by atoms with Gasteiger partial charge < -0.3 is 10.2 Å². The normalized spacial score (nSPS) is 30.7. The molecule has 1 unspecified atom stereocenters. The van der Waals surface area contributed by atoms with Crippen LogP contribution in [0.5, 0.6) is 0 Å². The zero-order chi connectivity index (χ0) is 10.2. The lowest BCUT2D eigenvalue weighted by Gasteiger charge is -2.07. The van der Waals surface area contributed by atoms with E-state index in [2.05, 4.69) is 11.8 Å². The molecule has 0 aromatic rings. The van der Waals surface area contributed by atoms with E-state index in [0.717, 1.165) is 25.7 Å². The van der Waals surface area contributed by atoms with Gasteiger partial charge >= 0.3 is 0 Å². The van der Waals surface area contributed by atoms with Crippen LogP contribution in [0.25, 0.3) is 0 Å². The van der Waals surface area contributed by atoms with Gasteiger partial charge in [-0.2, -0.15) is 0 Å². The summed E-state index contributed by atoms with van der Waals surface area (Å²) in [5.41, 5.74) is 0. The van der Waals surface area contributed by atoms with Crippen LogP contribution >= 0.6 is 0 Å². The second kappa shape index (κ2) is 6.86. The molecular formula is C12H20O2. The molecule has 0 bridgehead atoms. The van der Waals surface area contributed by atoms with E-state index in [9.17, 15) is 10.2 Å². The first-order valence-corrected chi connectivity index (χ1v) is 5.66. The van der Waals surface area contributed by atoms with Crippen molar-refractivity contribution in [2.75, 3.05) is 0 Å². The first kappa shape index (κ1) is 11.6. The fourth-order valence-corrected chi connectivity index (χ4v) is 1.72. The van der Waals surface area contributed by atoms with Crippen LogP contribution in [0.15, 0.2) is 0 Å². The highest BCUT2D eigenvalue weighted by Gasteiger charge is 2.03. The standard InChI is InChI=1S/C12H20O2/c13-11-7-5-3-1-2-4-6-8-12(14)10-9-11/h11-14H,1-8H2/t11-,12?/m0/s1. The number of aliphatic hydroxyl groups excluding tert-OH is 2. The number of rotatable bonds is 0. The van der Waals surface area contributed by atoms with Crippen LogP contribution in [0.4, 0.5) is 0 Å². The van der Waals surface area contributed by atoms with Crippen molar-refractivity contribution in [3.8, 4) is 11.8 Å². The Morgan fingerprint density at radius 2 is 1.00 bits per heavy atom. The predicted molar refractivity (Wildman–Crippen MR) is 56.7 cm³/mol. The van der Waals surface area contributed by atoms with Gasteiger partial charge in [0.05, 0.1) is 0 Å². The monoisotopic (exact) mass is 196 g/mol. The highest BCUT2D eigenvalue weighted by Crippen LogP contribution is 2.11. The van der Waals surface area contributed by atoms with Crippen LogP contribution in [0, 0.1) is 11.8 Å². The molecule has 1 rings (SSSR count). The number of hydrogen-bond acceptors (Lipinski definition) is 2. The summed E-state index contributed by atoms with van der Waals surface area (Å²) in [5.74, 6) is 5.41. The minimum Gasteiger partial charge on any atom is -0.380 e. The van der Waals surface area contributed by atoms with Gasteiger partial charge in [0.2, 0.25) is 0 Å². The predicted octanol–water partition coefficient (Wildman–Crippen LogP) is 1.85. The quantitative estimate of drug-likeness (QED) is 0.580. The highest BCUT2D eigenvalue weighted by molar-refractivity contribution is 5.08. The van der Waals surface area contributed by atoms with Gasteiger partial charge in [0.1, 0.15) is 12.2 Å². The minimum atomic E-state index is -0.538. The number of aliphatic hydroxyl groups is 2. The molecule has 0 amide bonds. The molecule has 2 atom stereocenters. The zero-order valence-electron chi connectivity index (χ0n) is 8.71. The van der Waals surface area contributed by atoms with Crippen molar-refractivity contribution in [2.24, 2.45) is 0 Å². The van der Waals surface area contributed by atoms with E-state index in [1.807, 2.05) is 0 Å². The molecule has 0 radical (unpaired) electrons. The zero-order valence-corrected chi connectivity index (χ0v) is 8.71. The molecule has 0 heterocycles. The Labute approximate surface area is 86.3 Å². The Kier molecular flexibility index (Phi) is 5.66. The maximum atomic E-state index is 9.43. The maximum absolute atomic E-state index is 9.43. The Hall–Kier alpha value is -0.520. The molecule has 2 N–H and O–H groups in total. The third-order valence-electron chi connectivity index (χ3n) is 2.62. The molecule has 0 saturated heterocycles. The van der Waals surface area contributed by atoms with Crippen LogP contribution in [0.2, 0.25) is 0 Å². The molecule has 0 fully saturated rings. The van der Waals surface area contributed by atoms with Crippen molar-refractivity contribution in [2.45, 2.75) is 63.6 Å². The van der Waals surface area contributed by atoms with Crippen molar-refractivity contribution < 1.29 is 10.2 Å². The highest BCUT2D eigenvalue weighted by atomic mass is 16.3. The van der Waals surface area contributed by atoms with Gasteiger partial charge in [-0.25, -0.2) is 0 Å². The molecule has 1 aliphatic carbocycles. The van der Waals surface area contributed by atoms with Crippen LogP contribution in [0.3, 0.4) is 0 Å². The Morgan fingerprint density at radius 3 is 1.43 bits per heavy atom. The van der Waals surface area contributed by atoms with Crippen LogP contribution in [-0.2, 0) is 0 Å². The van der Waals surface area contributed by atoms with Gasteiger partial charge in [-0.05, 0) is 25.7 Å². The third-order valence-corrected chi connectivity index (χ3v) is 2.62. The minimum absolute atomic E-state index is 0.538. The van der Waals surface area contributed by atoms with Crippen molar-refractivity contribution in [1.82, 2.24) is 0 Å². The molecule has 80 valence electrons. The summed E-state index contributed by atoms with van der Waals surface area (Å²) in [6.07, 6.45) is 7.40. The van der Waals surface area contributed by atoms with Crippen molar-refractivity contribution in [1.29, 1.82) is 0 Å². The fourth-order valence-electron chi connectivity index (χ4n) is 1.72. The van der Waals surface area contributed by atoms with Crippen molar-refractivity contribution >= 4 is 0 Å². The van der Waals surface area contributed by atoms with Crippen molar-refractivity contribution in [3.05, 3.63) is 0 Å². The Morgan fingerprint density at radius 1 is 0.643 bits per heavy atom. The molecule has 0 aromatic heterocycles. The molecule has 14 heavy (non-hydrogen) atoms. The Bertz CT molecular complexity index is 182. The topological polar surface area (TPSA) is 40.5 Å². The molecule has 0 spiro atoms. The third kappa shape index (κ3) is 5.26. The molecule has 0 aromatic carbocycles. The molecule has 0 saturated carbocycles. The van der Waals surface area contributed by atoms with Gasteiger partial charge in [-0.15, -0.1) is 0 Å². The summed E-state index contributed by atoms with van der Waals surface area (Å²) in [4.78, 5) is 0. The maximum Gasteiger partial charge on any atom is 0.114 e. The fraction of sp³-hybridized carbons (Fsp3) is 0.833. The van der Waals surface area contributed by atoms with Crippen LogP contribution in [0.1, 0.15) is 51.4 Å². The van der Waals surface area contributed by atoms with Gasteiger partial charge in [-0.3, -0.25) is 0 Å². The van der Waals surface area contributed by atoms with E-state index < -0.39 is 12.2 Å². The summed E-state index contributed by atoms with van der Waals surface area (Å²) in [6, 6.07) is 0. The van der Waals surface area contributed by atoms with Crippen LogP contribution in [-0.4, -0.2) is 22.4 Å². The second-order valence-corrected chi connectivity index (χ2v) is 4.02.